The van der Waals surface area contributed by atoms with E-state index in [1.807, 2.05) is 44.2 Å². The lowest BCUT2D eigenvalue weighted by molar-refractivity contribution is -0.120. The molecule has 1 aliphatic rings. The van der Waals surface area contributed by atoms with Crippen molar-refractivity contribution in [3.63, 3.8) is 0 Å². The minimum absolute atomic E-state index is 0.0277. The van der Waals surface area contributed by atoms with E-state index in [1.165, 1.54) is 5.56 Å². The van der Waals surface area contributed by atoms with Crippen molar-refractivity contribution in [2.75, 3.05) is 15.5 Å². The van der Waals surface area contributed by atoms with Gasteiger partial charge in [-0.3, -0.25) is 14.4 Å². The quantitative estimate of drug-likeness (QED) is 0.353. The smallest absolute Gasteiger partial charge is 0.283 e. The summed E-state index contributed by atoms with van der Waals surface area (Å²) in [6.07, 6.45) is 3.27. The molecule has 184 valence electrons. The van der Waals surface area contributed by atoms with E-state index < -0.39 is 11.8 Å². The van der Waals surface area contributed by atoms with Gasteiger partial charge in [-0.2, -0.15) is 0 Å². The summed E-state index contributed by atoms with van der Waals surface area (Å²) in [4.78, 5) is 39.8. The van der Waals surface area contributed by atoms with Crippen LogP contribution in [0.1, 0.15) is 46.8 Å². The summed E-state index contributed by atoms with van der Waals surface area (Å²) in [6.45, 7) is 6.02. The fraction of sp³-hybridized carbons (Fsp3) is 0.207. The fourth-order valence-corrected chi connectivity index (χ4v) is 4.14. The highest BCUT2D eigenvalue weighted by molar-refractivity contribution is 6.53. The maximum Gasteiger partial charge on any atom is 0.283 e. The molecular formula is C29H28ClN3O3. The lowest BCUT2D eigenvalue weighted by Gasteiger charge is -2.16. The molecule has 4 rings (SSSR count). The monoisotopic (exact) mass is 501 g/mol. The largest absolute Gasteiger partial charge is 0.350 e. The Morgan fingerprint density at radius 1 is 0.889 bits per heavy atom. The molecule has 0 bridgehead atoms. The van der Waals surface area contributed by atoms with Crippen LogP contribution in [0.15, 0.2) is 77.5 Å². The van der Waals surface area contributed by atoms with Gasteiger partial charge in [0.15, 0.2) is 0 Å². The number of hydrogen-bond acceptors (Lipinski definition) is 4. The highest BCUT2D eigenvalue weighted by atomic mass is 35.5. The third-order valence-corrected chi connectivity index (χ3v) is 6.55. The van der Waals surface area contributed by atoms with Gasteiger partial charge in [0.2, 0.25) is 0 Å². The van der Waals surface area contributed by atoms with Gasteiger partial charge in [0.25, 0.3) is 17.7 Å². The normalized spacial score (nSPS) is 13.4. The lowest BCUT2D eigenvalue weighted by Crippen LogP contribution is -2.32. The van der Waals surface area contributed by atoms with Gasteiger partial charge >= 0.3 is 0 Å². The summed E-state index contributed by atoms with van der Waals surface area (Å²) < 4.78 is 0. The van der Waals surface area contributed by atoms with E-state index in [2.05, 4.69) is 17.6 Å². The van der Waals surface area contributed by atoms with Crippen LogP contribution in [-0.2, 0) is 16.0 Å². The molecule has 3 amide bonds. The molecule has 1 aliphatic heterocycles. The van der Waals surface area contributed by atoms with Crippen molar-refractivity contribution in [3.8, 4) is 0 Å². The topological polar surface area (TPSA) is 78.5 Å². The zero-order valence-electron chi connectivity index (χ0n) is 20.5. The Hall–Kier alpha value is -3.90. The van der Waals surface area contributed by atoms with E-state index in [9.17, 15) is 14.4 Å². The van der Waals surface area contributed by atoms with Crippen LogP contribution in [0.3, 0.4) is 0 Å². The number of carbonyl (C=O) groups excluding carboxylic acids is 3. The Balaban J connectivity index is 1.48. The number of imide groups is 1. The number of benzene rings is 3. The molecule has 0 fully saturated rings. The van der Waals surface area contributed by atoms with E-state index in [0.717, 1.165) is 35.3 Å². The second-order valence-corrected chi connectivity index (χ2v) is 9.24. The van der Waals surface area contributed by atoms with Crippen LogP contribution in [0, 0.1) is 13.8 Å². The molecule has 0 unspecified atom stereocenters. The number of rotatable bonds is 8. The van der Waals surface area contributed by atoms with Gasteiger partial charge in [0.1, 0.15) is 10.7 Å². The first kappa shape index (κ1) is 25.2. The number of unbranched alkanes of at least 4 members (excludes halogenated alkanes) is 1. The zero-order chi connectivity index (χ0) is 25.8. The number of carbonyl (C=O) groups is 3. The van der Waals surface area contributed by atoms with Crippen molar-refractivity contribution < 1.29 is 14.4 Å². The third-order valence-electron chi connectivity index (χ3n) is 6.20. The Kier molecular flexibility index (Phi) is 7.55. The number of nitrogens with one attached hydrogen (secondary N) is 2. The van der Waals surface area contributed by atoms with Crippen molar-refractivity contribution in [2.24, 2.45) is 0 Å². The molecule has 0 aromatic heterocycles. The van der Waals surface area contributed by atoms with Gasteiger partial charge in [0.05, 0.1) is 5.69 Å². The number of anilines is 3. The Morgan fingerprint density at radius 2 is 1.64 bits per heavy atom. The molecule has 7 heteroatoms. The minimum Gasteiger partial charge on any atom is -0.350 e. The first-order chi connectivity index (χ1) is 17.3. The first-order valence-electron chi connectivity index (χ1n) is 11.9. The van der Waals surface area contributed by atoms with Crippen LogP contribution in [0.25, 0.3) is 0 Å². The molecule has 0 spiro atoms. The van der Waals surface area contributed by atoms with Crippen LogP contribution < -0.4 is 15.5 Å². The summed E-state index contributed by atoms with van der Waals surface area (Å²) in [6, 6.07) is 19.8. The maximum atomic E-state index is 13.1. The van der Waals surface area contributed by atoms with Crippen LogP contribution in [-0.4, -0.2) is 17.7 Å². The maximum absolute atomic E-state index is 13.1. The fourth-order valence-electron chi connectivity index (χ4n) is 3.93. The van der Waals surface area contributed by atoms with Crippen LogP contribution in [0.5, 0.6) is 0 Å². The van der Waals surface area contributed by atoms with Crippen molar-refractivity contribution in [1.82, 2.24) is 0 Å². The first-order valence-corrected chi connectivity index (χ1v) is 12.3. The predicted octanol–water partition coefficient (Wildman–Crippen LogP) is 6.33. The third kappa shape index (κ3) is 5.34. The number of aryl methyl sites for hydroxylation is 3. The number of hydrogen-bond donors (Lipinski definition) is 2. The molecular weight excluding hydrogens is 474 g/mol. The summed E-state index contributed by atoms with van der Waals surface area (Å²) in [5, 5.41) is 5.63. The van der Waals surface area contributed by atoms with Gasteiger partial charge in [-0.05, 0) is 85.8 Å². The Morgan fingerprint density at radius 3 is 2.33 bits per heavy atom. The molecule has 6 nitrogen and oxygen atoms in total. The Labute approximate surface area is 216 Å². The van der Waals surface area contributed by atoms with Gasteiger partial charge < -0.3 is 10.6 Å². The van der Waals surface area contributed by atoms with Gasteiger partial charge in [-0.1, -0.05) is 49.2 Å². The number of nitrogens with zero attached hydrogens (tertiary/aromatic N) is 1. The Bertz CT molecular complexity index is 1360. The molecule has 2 N–H and O–H groups in total. The molecule has 0 radical (unpaired) electrons. The molecule has 0 saturated carbocycles. The van der Waals surface area contributed by atoms with Crippen LogP contribution in [0.4, 0.5) is 17.1 Å². The molecule has 0 aliphatic carbocycles. The lowest BCUT2D eigenvalue weighted by atomic mass is 10.1. The van der Waals surface area contributed by atoms with Gasteiger partial charge in [-0.25, -0.2) is 4.90 Å². The standard InChI is InChI=1S/C29H28ClN3O3/c1-4-5-7-20-11-13-22(14-12-20)32-27(34)21-8-6-9-23(17-21)31-26-25(30)28(35)33(29(26)36)24-15-10-18(2)19(3)16-24/h6,8-17,31H,4-5,7H2,1-3H3,(H,32,34). The van der Waals surface area contributed by atoms with Crippen molar-refractivity contribution >= 4 is 46.4 Å². The van der Waals surface area contributed by atoms with Gasteiger partial charge in [0, 0.05) is 16.9 Å². The molecule has 0 saturated heterocycles. The average molecular weight is 502 g/mol. The zero-order valence-corrected chi connectivity index (χ0v) is 21.3. The van der Waals surface area contributed by atoms with Crippen molar-refractivity contribution in [1.29, 1.82) is 0 Å². The van der Waals surface area contributed by atoms with E-state index in [-0.39, 0.29) is 16.6 Å². The SMILES string of the molecule is CCCCc1ccc(NC(=O)c2cccc(NC3=C(Cl)C(=O)N(c4ccc(C)c(C)c4)C3=O)c2)cc1. The predicted molar refractivity (Wildman–Crippen MR) is 144 cm³/mol. The highest BCUT2D eigenvalue weighted by Crippen LogP contribution is 2.31. The highest BCUT2D eigenvalue weighted by Gasteiger charge is 2.39. The van der Waals surface area contributed by atoms with Crippen LogP contribution >= 0.6 is 11.6 Å². The molecule has 0 atom stereocenters. The van der Waals surface area contributed by atoms with Crippen molar-refractivity contribution in [2.45, 2.75) is 40.0 Å². The summed E-state index contributed by atoms with van der Waals surface area (Å²) in [5.41, 5.74) is 5.24. The molecule has 1 heterocycles. The molecule has 3 aromatic carbocycles. The van der Waals surface area contributed by atoms with Gasteiger partial charge in [-0.15, -0.1) is 0 Å². The van der Waals surface area contributed by atoms with E-state index >= 15 is 0 Å². The molecule has 36 heavy (non-hydrogen) atoms. The van der Waals surface area contributed by atoms with Crippen molar-refractivity contribution in [3.05, 3.63) is 99.7 Å². The summed E-state index contributed by atoms with van der Waals surface area (Å²) in [5.74, 6) is -1.43. The average Bonchev–Trinajstić information content (AvgIpc) is 3.08. The molecule has 3 aromatic rings. The second kappa shape index (κ2) is 10.8. The van der Waals surface area contributed by atoms with E-state index in [4.69, 9.17) is 11.6 Å². The summed E-state index contributed by atoms with van der Waals surface area (Å²) in [7, 11) is 0. The van der Waals surface area contributed by atoms with Crippen LogP contribution in [0.2, 0.25) is 0 Å². The second-order valence-electron chi connectivity index (χ2n) is 8.86. The van der Waals surface area contributed by atoms with E-state index in [1.54, 1.807) is 36.4 Å². The number of halogens is 1. The summed E-state index contributed by atoms with van der Waals surface area (Å²) >= 11 is 6.27. The van der Waals surface area contributed by atoms with E-state index in [0.29, 0.717) is 22.6 Å². The minimum atomic E-state index is -0.594. The number of amides is 3.